The van der Waals surface area contributed by atoms with Gasteiger partial charge in [0.25, 0.3) is 0 Å². The molecule has 2 heterocycles. The third-order valence-corrected chi connectivity index (χ3v) is 5.96. The number of halogens is 1. The quantitative estimate of drug-likeness (QED) is 0.642. The van der Waals surface area contributed by atoms with Crippen molar-refractivity contribution in [1.82, 2.24) is 15.3 Å². The molecule has 0 saturated heterocycles. The molecule has 0 fully saturated rings. The third kappa shape index (κ3) is 4.65. The minimum absolute atomic E-state index is 0.0913. The summed E-state index contributed by atoms with van der Waals surface area (Å²) in [7, 11) is 0. The average molecular weight is 400 g/mol. The van der Waals surface area contributed by atoms with Crippen LogP contribution in [0.5, 0.6) is 0 Å². The molecule has 1 unspecified atom stereocenters. The SMILES string of the molecule is C#Cc1cnc2c(F)cc(CC(SC)C(=O)NCc3nc(C)cs3)cc2c1. The van der Waals surface area contributed by atoms with Gasteiger partial charge in [-0.15, -0.1) is 17.8 Å². The maximum atomic E-state index is 14.4. The minimum atomic E-state index is -0.412. The fourth-order valence-corrected chi connectivity index (χ4v) is 4.09. The molecule has 3 aromatic rings. The summed E-state index contributed by atoms with van der Waals surface area (Å²) in [4.78, 5) is 20.9. The summed E-state index contributed by atoms with van der Waals surface area (Å²) in [5, 5.41) is 6.03. The Bertz CT molecular complexity index is 1030. The Balaban J connectivity index is 1.75. The molecule has 1 atom stereocenters. The number of carbonyl (C=O) groups is 1. The summed E-state index contributed by atoms with van der Waals surface area (Å²) in [6.45, 7) is 2.32. The Labute approximate surface area is 165 Å². The van der Waals surface area contributed by atoms with Crippen LogP contribution in [0.1, 0.15) is 21.8 Å². The number of benzene rings is 1. The Hall–Kier alpha value is -2.43. The third-order valence-electron chi connectivity index (χ3n) is 4.04. The number of aryl methyl sites for hydroxylation is 1. The Kier molecular flexibility index (Phi) is 6.09. The predicted octanol–water partition coefficient (Wildman–Crippen LogP) is 3.71. The first-order valence-electron chi connectivity index (χ1n) is 8.26. The number of rotatable bonds is 6. The molecule has 138 valence electrons. The number of terminal acetylenes is 1. The van der Waals surface area contributed by atoms with E-state index < -0.39 is 5.82 Å². The maximum absolute atomic E-state index is 14.4. The number of pyridine rings is 1. The summed E-state index contributed by atoms with van der Waals surface area (Å²) in [6.07, 6.45) is 9.16. The van der Waals surface area contributed by atoms with E-state index in [1.54, 1.807) is 6.07 Å². The second kappa shape index (κ2) is 8.51. The molecule has 0 saturated carbocycles. The van der Waals surface area contributed by atoms with E-state index >= 15 is 0 Å². The standard InChI is InChI=1S/C20H18FN3OS2/c1-4-13-5-15-6-14(7-16(21)19(15)22-9-13)8-17(26-3)20(25)23-10-18-24-12(2)11-27-18/h1,5-7,9,11,17H,8,10H2,2-3H3,(H,23,25). The molecule has 3 rings (SSSR count). The molecule has 7 heteroatoms. The van der Waals surface area contributed by atoms with E-state index in [9.17, 15) is 9.18 Å². The number of thiazole rings is 1. The van der Waals surface area contributed by atoms with E-state index in [1.165, 1.54) is 35.4 Å². The molecule has 0 aliphatic carbocycles. The van der Waals surface area contributed by atoms with Gasteiger partial charge in [0.15, 0.2) is 0 Å². The van der Waals surface area contributed by atoms with Crippen LogP contribution in [0, 0.1) is 25.1 Å². The molecule has 0 spiro atoms. The van der Waals surface area contributed by atoms with Gasteiger partial charge in [0.1, 0.15) is 16.3 Å². The van der Waals surface area contributed by atoms with Crippen molar-refractivity contribution in [3.63, 3.8) is 0 Å². The zero-order valence-corrected chi connectivity index (χ0v) is 16.6. The Morgan fingerprint density at radius 3 is 2.93 bits per heavy atom. The van der Waals surface area contributed by atoms with E-state index in [0.29, 0.717) is 23.9 Å². The molecule has 0 aliphatic rings. The molecule has 27 heavy (non-hydrogen) atoms. The van der Waals surface area contributed by atoms with Crippen LogP contribution in [0.2, 0.25) is 0 Å². The molecule has 0 radical (unpaired) electrons. The zero-order valence-electron chi connectivity index (χ0n) is 15.0. The fraction of sp³-hybridized carbons (Fsp3) is 0.250. The van der Waals surface area contributed by atoms with Crippen LogP contribution >= 0.6 is 23.1 Å². The van der Waals surface area contributed by atoms with Crippen molar-refractivity contribution in [3.05, 3.63) is 57.4 Å². The normalized spacial score (nSPS) is 11.9. The first-order valence-corrected chi connectivity index (χ1v) is 10.4. The van der Waals surface area contributed by atoms with Gasteiger partial charge in [0.2, 0.25) is 5.91 Å². The number of hydrogen-bond donors (Lipinski definition) is 1. The van der Waals surface area contributed by atoms with Crippen molar-refractivity contribution in [2.24, 2.45) is 0 Å². The summed E-state index contributed by atoms with van der Waals surface area (Å²) in [6, 6.07) is 5.01. The van der Waals surface area contributed by atoms with E-state index in [2.05, 4.69) is 21.2 Å². The lowest BCUT2D eigenvalue weighted by atomic mass is 10.0. The molecular formula is C20H18FN3OS2. The van der Waals surface area contributed by atoms with Crippen molar-refractivity contribution in [1.29, 1.82) is 0 Å². The summed E-state index contributed by atoms with van der Waals surface area (Å²) in [5.74, 6) is 2.00. The van der Waals surface area contributed by atoms with Crippen molar-refractivity contribution in [3.8, 4) is 12.3 Å². The van der Waals surface area contributed by atoms with Crippen LogP contribution in [0.15, 0.2) is 29.8 Å². The highest BCUT2D eigenvalue weighted by Crippen LogP contribution is 2.22. The van der Waals surface area contributed by atoms with Crippen LogP contribution < -0.4 is 5.32 Å². The number of nitrogens with one attached hydrogen (secondary N) is 1. The van der Waals surface area contributed by atoms with Gasteiger partial charge in [-0.2, -0.15) is 11.8 Å². The van der Waals surface area contributed by atoms with E-state index in [-0.39, 0.29) is 16.7 Å². The second-order valence-corrected chi connectivity index (χ2v) is 8.03. The average Bonchev–Trinajstić information content (AvgIpc) is 3.09. The topological polar surface area (TPSA) is 54.9 Å². The minimum Gasteiger partial charge on any atom is -0.349 e. The molecule has 1 N–H and O–H groups in total. The lowest BCUT2D eigenvalue weighted by Crippen LogP contribution is -2.33. The Morgan fingerprint density at radius 1 is 1.44 bits per heavy atom. The number of thioether (sulfide) groups is 1. The summed E-state index contributed by atoms with van der Waals surface area (Å²) >= 11 is 2.95. The summed E-state index contributed by atoms with van der Waals surface area (Å²) < 4.78 is 14.4. The van der Waals surface area contributed by atoms with Crippen LogP contribution in [0.4, 0.5) is 4.39 Å². The van der Waals surface area contributed by atoms with E-state index in [1.807, 2.05) is 24.6 Å². The molecule has 1 amide bonds. The van der Waals surface area contributed by atoms with Crippen LogP contribution in [0.3, 0.4) is 0 Å². The second-order valence-electron chi connectivity index (χ2n) is 6.05. The zero-order chi connectivity index (χ0) is 19.4. The molecule has 2 aromatic heterocycles. The van der Waals surface area contributed by atoms with Crippen molar-refractivity contribution in [2.45, 2.75) is 25.1 Å². The predicted molar refractivity (Wildman–Crippen MR) is 109 cm³/mol. The number of fused-ring (bicyclic) bond motifs is 1. The highest BCUT2D eigenvalue weighted by Gasteiger charge is 2.19. The number of nitrogens with zero attached hydrogens (tertiary/aromatic N) is 2. The molecule has 4 nitrogen and oxygen atoms in total. The van der Waals surface area contributed by atoms with Gasteiger partial charge in [0.05, 0.1) is 11.8 Å². The first kappa shape index (κ1) is 19.3. The molecule has 0 bridgehead atoms. The van der Waals surface area contributed by atoms with Crippen LogP contribution in [0.25, 0.3) is 10.9 Å². The highest BCUT2D eigenvalue weighted by molar-refractivity contribution is 7.99. The van der Waals surface area contributed by atoms with Crippen molar-refractivity contribution >= 4 is 39.9 Å². The maximum Gasteiger partial charge on any atom is 0.233 e. The Morgan fingerprint density at radius 2 is 2.26 bits per heavy atom. The summed E-state index contributed by atoms with van der Waals surface area (Å²) in [5.41, 5.74) is 2.55. The molecular weight excluding hydrogens is 381 g/mol. The molecule has 1 aromatic carbocycles. The van der Waals surface area contributed by atoms with Gasteiger partial charge in [0, 0.05) is 28.2 Å². The number of aromatic nitrogens is 2. The number of hydrogen-bond acceptors (Lipinski definition) is 5. The lowest BCUT2D eigenvalue weighted by Gasteiger charge is -2.15. The van der Waals surface area contributed by atoms with Gasteiger partial charge in [-0.25, -0.2) is 9.37 Å². The first-order chi connectivity index (χ1) is 13.0. The van der Waals surface area contributed by atoms with Gasteiger partial charge >= 0.3 is 0 Å². The van der Waals surface area contributed by atoms with Crippen molar-refractivity contribution in [2.75, 3.05) is 6.26 Å². The van der Waals surface area contributed by atoms with Gasteiger partial charge in [-0.05, 0) is 43.4 Å². The molecule has 0 aliphatic heterocycles. The van der Waals surface area contributed by atoms with Crippen LogP contribution in [-0.4, -0.2) is 27.4 Å². The van der Waals surface area contributed by atoms with Gasteiger partial charge in [-0.3, -0.25) is 9.78 Å². The fourth-order valence-electron chi connectivity index (χ4n) is 2.72. The van der Waals surface area contributed by atoms with Gasteiger partial charge < -0.3 is 5.32 Å². The smallest absolute Gasteiger partial charge is 0.233 e. The largest absolute Gasteiger partial charge is 0.349 e. The van der Waals surface area contributed by atoms with E-state index in [4.69, 9.17) is 6.42 Å². The lowest BCUT2D eigenvalue weighted by molar-refractivity contribution is -0.120. The highest BCUT2D eigenvalue weighted by atomic mass is 32.2. The number of carbonyl (C=O) groups excluding carboxylic acids is 1. The monoisotopic (exact) mass is 399 g/mol. The van der Waals surface area contributed by atoms with E-state index in [0.717, 1.165) is 16.3 Å². The van der Waals surface area contributed by atoms with Gasteiger partial charge in [-0.1, -0.05) is 5.92 Å². The number of amides is 1. The van der Waals surface area contributed by atoms with Crippen molar-refractivity contribution < 1.29 is 9.18 Å². The van der Waals surface area contributed by atoms with Crippen LogP contribution in [-0.2, 0) is 17.8 Å².